The normalized spacial score (nSPS) is 16.7. The van der Waals surface area contributed by atoms with Gasteiger partial charge in [-0.15, -0.1) is 0 Å². The number of unbranched alkanes of at least 4 members (excludes halogenated alkanes) is 1. The highest BCUT2D eigenvalue weighted by molar-refractivity contribution is 6.00. The molecule has 0 aliphatic carbocycles. The number of aromatic hydroxyl groups is 1. The molecule has 1 fully saturated rings. The topological polar surface area (TPSA) is 508 Å². The van der Waals surface area contributed by atoms with E-state index in [9.17, 15) is 82.1 Å². The van der Waals surface area contributed by atoms with Crippen molar-refractivity contribution in [3.63, 3.8) is 0 Å². The Morgan fingerprint density at radius 3 is 1.37 bits per heavy atom. The fourth-order valence-electron chi connectivity index (χ4n) is 10.4. The number of nitrogens with one attached hydrogen (secondary N) is 13. The van der Waals surface area contributed by atoms with E-state index >= 15 is 0 Å². The molecule has 0 aromatic heterocycles. The Morgan fingerprint density at radius 2 is 0.890 bits per heavy atom. The van der Waals surface area contributed by atoms with Crippen LogP contribution in [0.2, 0.25) is 0 Å². The van der Waals surface area contributed by atoms with Gasteiger partial charge in [0.05, 0.1) is 25.7 Å². The molecule has 1 aliphatic heterocycles. The van der Waals surface area contributed by atoms with Gasteiger partial charge in [-0.25, -0.2) is 4.79 Å². The van der Waals surface area contributed by atoms with Crippen molar-refractivity contribution in [3.05, 3.63) is 29.8 Å². The lowest BCUT2D eigenvalue weighted by Crippen LogP contribution is -2.61. The summed E-state index contributed by atoms with van der Waals surface area (Å²) < 4.78 is 0. The fourth-order valence-corrected chi connectivity index (χ4v) is 10.4. The number of carbonyl (C=O) groups is 15. The summed E-state index contributed by atoms with van der Waals surface area (Å²) in [5.41, 5.74) is 12.4. The first-order valence-corrected chi connectivity index (χ1v) is 34.4. The number of aliphatic carboxylic acids is 1. The molecule has 19 N–H and O–H groups in total. The average Bonchev–Trinajstić information content (AvgIpc) is 1.61. The van der Waals surface area contributed by atoms with Gasteiger partial charge in [-0.3, -0.25) is 67.1 Å². The molecular weight excluding hydrogens is 1300 g/mol. The molecule has 2 rings (SSSR count). The Morgan fingerprint density at radius 1 is 0.470 bits per heavy atom. The summed E-state index contributed by atoms with van der Waals surface area (Å²) >= 11 is 0. The first kappa shape index (κ1) is 87.1. The minimum absolute atomic E-state index is 0.0299. The van der Waals surface area contributed by atoms with E-state index in [0.29, 0.717) is 50.6 Å². The molecule has 1 aromatic rings. The number of carboxylic acid groups (broad SMARTS) is 1. The molecule has 0 radical (unpaired) electrons. The molecule has 0 spiro atoms. The maximum absolute atomic E-state index is 14.0. The second-order valence-electron chi connectivity index (χ2n) is 27.0. The van der Waals surface area contributed by atoms with Gasteiger partial charge in [0.25, 0.3) is 0 Å². The van der Waals surface area contributed by atoms with E-state index in [-0.39, 0.29) is 31.1 Å². The van der Waals surface area contributed by atoms with Crippen LogP contribution < -0.4 is 80.6 Å². The number of carboxylic acids is 1. The summed E-state index contributed by atoms with van der Waals surface area (Å²) in [5, 5.41) is 52.1. The van der Waals surface area contributed by atoms with Crippen molar-refractivity contribution in [2.24, 2.45) is 47.0 Å². The lowest BCUT2D eigenvalue weighted by Gasteiger charge is -2.30. The third kappa shape index (κ3) is 28.7. The number of amides is 14. The van der Waals surface area contributed by atoms with Crippen LogP contribution >= 0.6 is 0 Å². The van der Waals surface area contributed by atoms with Crippen LogP contribution in [0, 0.1) is 35.5 Å². The molecule has 562 valence electrons. The minimum Gasteiger partial charge on any atom is -0.508 e. The Balaban J connectivity index is 2.01. The average molecular weight is 1410 g/mol. The Labute approximate surface area is 585 Å². The quantitative estimate of drug-likeness (QED) is 0.0299. The number of likely N-dealkylation sites (tertiary alicyclic amines) is 1. The first-order valence-electron chi connectivity index (χ1n) is 34.4. The van der Waals surface area contributed by atoms with E-state index in [0.717, 1.165) is 0 Å². The van der Waals surface area contributed by atoms with Crippen LogP contribution in [0.4, 0.5) is 0 Å². The molecule has 1 saturated heterocycles. The van der Waals surface area contributed by atoms with Crippen LogP contribution in [0.3, 0.4) is 0 Å². The molecule has 0 saturated carbocycles. The molecular formula is C67H112N16O17. The van der Waals surface area contributed by atoms with Crippen LogP contribution in [0.1, 0.15) is 154 Å². The summed E-state index contributed by atoms with van der Waals surface area (Å²) in [6.45, 7) is 23.0. The lowest BCUT2D eigenvalue weighted by atomic mass is 9.96. The zero-order chi connectivity index (χ0) is 76.0. The van der Waals surface area contributed by atoms with Gasteiger partial charge < -0.3 is 95.7 Å². The van der Waals surface area contributed by atoms with E-state index in [1.807, 2.05) is 13.8 Å². The summed E-state index contributed by atoms with van der Waals surface area (Å²) in [6, 6.07) is -8.48. The molecule has 1 aliphatic rings. The lowest BCUT2D eigenvalue weighted by molar-refractivity contribution is -0.142. The zero-order valence-electron chi connectivity index (χ0n) is 60.5. The van der Waals surface area contributed by atoms with Crippen molar-refractivity contribution >= 4 is 88.7 Å². The van der Waals surface area contributed by atoms with E-state index in [1.54, 1.807) is 69.2 Å². The highest BCUT2D eigenvalue weighted by Gasteiger charge is 2.40. The van der Waals surface area contributed by atoms with Crippen molar-refractivity contribution in [1.82, 2.24) is 74.0 Å². The number of phenols is 1. The molecule has 0 unspecified atom stereocenters. The number of benzene rings is 1. The van der Waals surface area contributed by atoms with Crippen LogP contribution in [0.15, 0.2) is 24.3 Å². The van der Waals surface area contributed by atoms with Crippen LogP contribution in [0.5, 0.6) is 5.75 Å². The van der Waals surface area contributed by atoms with Gasteiger partial charge in [-0.05, 0) is 113 Å². The maximum atomic E-state index is 14.0. The summed E-state index contributed by atoms with van der Waals surface area (Å²) in [4.78, 5) is 202. The number of nitrogens with zero attached hydrogens (tertiary/aromatic N) is 1. The maximum Gasteiger partial charge on any atom is 0.326 e. The highest BCUT2D eigenvalue weighted by atomic mass is 16.4. The van der Waals surface area contributed by atoms with Gasteiger partial charge in [0.2, 0.25) is 82.7 Å². The largest absolute Gasteiger partial charge is 0.508 e. The predicted octanol–water partition coefficient (Wildman–Crippen LogP) is -2.56. The summed E-state index contributed by atoms with van der Waals surface area (Å²) in [5.74, 6) is -14.5. The van der Waals surface area contributed by atoms with Crippen LogP contribution in [-0.2, 0) is 78.3 Å². The third-order valence-electron chi connectivity index (χ3n) is 17.3. The van der Waals surface area contributed by atoms with Crippen molar-refractivity contribution in [2.45, 2.75) is 228 Å². The van der Waals surface area contributed by atoms with Gasteiger partial charge >= 0.3 is 5.97 Å². The number of hydrogen-bond donors (Lipinski definition) is 17. The molecule has 1 aromatic carbocycles. The number of hydrogen-bond acceptors (Lipinski definition) is 18. The molecule has 33 heteroatoms. The van der Waals surface area contributed by atoms with Gasteiger partial charge in [0.15, 0.2) is 0 Å². The van der Waals surface area contributed by atoms with Crippen molar-refractivity contribution in [2.75, 3.05) is 32.7 Å². The number of carbonyl (C=O) groups excluding carboxylic acids is 14. The predicted molar refractivity (Wildman–Crippen MR) is 369 cm³/mol. The molecule has 100 heavy (non-hydrogen) atoms. The Hall–Kier alpha value is -9.01. The van der Waals surface area contributed by atoms with Crippen LogP contribution in [-0.4, -0.2) is 209 Å². The number of phenolic OH excluding ortho intramolecular Hbond substituents is 1. The molecule has 1 heterocycles. The second kappa shape index (κ2) is 42.8. The Bertz CT molecular complexity index is 2990. The first-order chi connectivity index (χ1) is 46.8. The van der Waals surface area contributed by atoms with Crippen molar-refractivity contribution < 1.29 is 82.1 Å². The van der Waals surface area contributed by atoms with Gasteiger partial charge in [-0.1, -0.05) is 108 Å². The summed E-state index contributed by atoms with van der Waals surface area (Å²) in [6.07, 6.45) is 3.10. The smallest absolute Gasteiger partial charge is 0.326 e. The standard InChI is InChI=1S/C67H112N16O17/c1-16-37(11)50(69)60(92)77-44(21-18-19-27-68)66(98)83-28-20-22-46(83)59(91)71-32-49(87)78-52(34(5)6)63(95)81-54(36(9)10)64(96)80-53(35(7)8)62(94)75-40(14)57(89)73-39(13)56(88)74-41(15)58(90)82-55(38(12)17-2)65(97)79-51(33(3)4)61(93)72-30-47(85)70-31-48(86)76-45(67(99)100)29-42-23-25-43(84)26-24-42/h23-26,33-41,44-46,50-55,84H,16-22,27-32,68-69H2,1-15H3,(H,70,85)(H,71,91)(H,72,93)(H,73,89)(H,74,88)(H,75,94)(H,76,86)(H,77,92)(H,78,87)(H,79,97)(H,80,96)(H,81,95)(H,82,90)(H,99,100)/t37-,38-,39-,40-,41-,44-,45-,46-,50-,51-,52-,53-,54-,55-/m0/s1. The Kier molecular flexibility index (Phi) is 37.3. The zero-order valence-corrected chi connectivity index (χ0v) is 60.5. The van der Waals surface area contributed by atoms with Gasteiger partial charge in [0.1, 0.15) is 72.2 Å². The van der Waals surface area contributed by atoms with E-state index < -0.39 is 210 Å². The monoisotopic (exact) mass is 1410 g/mol. The SMILES string of the molecule is CC[C@H](C)[C@H](N)C(=O)N[C@@H](CCCCN)C(=O)N1CCC[C@H]1C(=O)NCC(=O)N[C@H](C(=O)N[C@H](C(=O)N[C@H](C(=O)N[C@@H](C)C(=O)N[C@@H](C)C(=O)N[C@@H](C)C(=O)N[C@H](C(=O)N[C@H](C(=O)NCC(=O)NCC(=O)N[C@@H](Cc1ccc(O)cc1)C(=O)O)C(C)C)[C@@H](C)CC)C(C)C)C(C)C)C(C)C. The van der Waals surface area contributed by atoms with Crippen molar-refractivity contribution in [1.29, 1.82) is 0 Å². The van der Waals surface area contributed by atoms with Gasteiger partial charge in [-0.2, -0.15) is 0 Å². The third-order valence-corrected chi connectivity index (χ3v) is 17.3. The molecule has 14 amide bonds. The van der Waals surface area contributed by atoms with E-state index in [1.165, 1.54) is 49.9 Å². The van der Waals surface area contributed by atoms with Gasteiger partial charge in [0, 0.05) is 13.0 Å². The number of nitrogens with two attached hydrogens (primary N) is 2. The van der Waals surface area contributed by atoms with E-state index in [4.69, 9.17) is 11.5 Å². The molecule has 14 atom stereocenters. The van der Waals surface area contributed by atoms with Crippen molar-refractivity contribution in [3.8, 4) is 5.75 Å². The second-order valence-corrected chi connectivity index (χ2v) is 27.0. The summed E-state index contributed by atoms with van der Waals surface area (Å²) in [7, 11) is 0. The van der Waals surface area contributed by atoms with Crippen LogP contribution in [0.25, 0.3) is 0 Å². The number of rotatable bonds is 42. The van der Waals surface area contributed by atoms with E-state index in [2.05, 4.69) is 69.1 Å². The molecule has 33 nitrogen and oxygen atoms in total. The minimum atomic E-state index is -1.35. The fraction of sp³-hybridized carbons (Fsp3) is 0.687. The highest BCUT2D eigenvalue weighted by Crippen LogP contribution is 2.21. The molecule has 0 bridgehead atoms.